The quantitative estimate of drug-likeness (QED) is 0.843. The lowest BCUT2D eigenvalue weighted by molar-refractivity contribution is -0.131. The zero-order valence-corrected chi connectivity index (χ0v) is 12.7. The second-order valence-electron chi connectivity index (χ2n) is 4.75. The molecule has 0 spiro atoms. The Balaban J connectivity index is 0.00000220. The van der Waals surface area contributed by atoms with Crippen LogP contribution in [-0.2, 0) is 4.79 Å². The van der Waals surface area contributed by atoms with Crippen LogP contribution in [0.2, 0.25) is 0 Å². The molecule has 2 amide bonds. The highest BCUT2D eigenvalue weighted by Gasteiger charge is 2.24. The van der Waals surface area contributed by atoms with Gasteiger partial charge >= 0.3 is 0 Å². The van der Waals surface area contributed by atoms with Crippen LogP contribution in [0.4, 0.5) is 0 Å². The Bertz CT molecular complexity index is 502. The average Bonchev–Trinajstić information content (AvgIpc) is 2.47. The molecule has 1 aliphatic heterocycles. The van der Waals surface area contributed by atoms with E-state index in [9.17, 15) is 14.7 Å². The Morgan fingerprint density at radius 3 is 2.38 bits per heavy atom. The number of carbonyl (C=O) groups excluding carboxylic acids is 2. The summed E-state index contributed by atoms with van der Waals surface area (Å²) in [7, 11) is 1.74. The number of phenols is 1. The highest BCUT2D eigenvalue weighted by atomic mass is 35.5. The lowest BCUT2D eigenvalue weighted by atomic mass is 10.1. The van der Waals surface area contributed by atoms with Gasteiger partial charge in [-0.15, -0.1) is 12.4 Å². The molecule has 1 aliphatic rings. The summed E-state index contributed by atoms with van der Waals surface area (Å²) < 4.78 is 0. The van der Waals surface area contributed by atoms with Crippen molar-refractivity contribution >= 4 is 24.2 Å². The minimum Gasteiger partial charge on any atom is -0.508 e. The Morgan fingerprint density at radius 2 is 1.81 bits per heavy atom. The van der Waals surface area contributed by atoms with E-state index in [0.29, 0.717) is 38.3 Å². The van der Waals surface area contributed by atoms with Crippen LogP contribution in [0, 0.1) is 0 Å². The number of hydrogen-bond donors (Lipinski definition) is 2. The van der Waals surface area contributed by atoms with Crippen LogP contribution in [0.25, 0.3) is 0 Å². The molecular formula is C14H20ClN3O3. The molecule has 0 saturated carbocycles. The van der Waals surface area contributed by atoms with Gasteiger partial charge in [0.15, 0.2) is 0 Å². The van der Waals surface area contributed by atoms with E-state index in [1.165, 1.54) is 12.1 Å². The molecule has 1 saturated heterocycles. The number of benzene rings is 1. The fraction of sp³-hybridized carbons (Fsp3) is 0.429. The Morgan fingerprint density at radius 1 is 1.19 bits per heavy atom. The van der Waals surface area contributed by atoms with Gasteiger partial charge in [-0.05, 0) is 25.2 Å². The topological polar surface area (TPSA) is 72.9 Å². The van der Waals surface area contributed by atoms with Gasteiger partial charge < -0.3 is 20.2 Å². The van der Waals surface area contributed by atoms with Crippen molar-refractivity contribution in [1.82, 2.24) is 15.1 Å². The molecule has 1 aromatic carbocycles. The van der Waals surface area contributed by atoms with Crippen molar-refractivity contribution in [2.24, 2.45) is 0 Å². The van der Waals surface area contributed by atoms with Crippen LogP contribution in [-0.4, -0.2) is 66.5 Å². The van der Waals surface area contributed by atoms with Gasteiger partial charge in [-0.3, -0.25) is 9.59 Å². The van der Waals surface area contributed by atoms with E-state index >= 15 is 0 Å². The number of amides is 2. The minimum absolute atomic E-state index is 0. The van der Waals surface area contributed by atoms with Crippen molar-refractivity contribution in [2.45, 2.75) is 0 Å². The second-order valence-corrected chi connectivity index (χ2v) is 4.75. The second kappa shape index (κ2) is 7.85. The minimum atomic E-state index is -0.110. The molecule has 0 aromatic heterocycles. The first-order valence-corrected chi connectivity index (χ1v) is 6.62. The van der Waals surface area contributed by atoms with Gasteiger partial charge in [0.25, 0.3) is 5.91 Å². The molecular weight excluding hydrogens is 294 g/mol. The maximum absolute atomic E-state index is 12.3. The molecule has 2 N–H and O–H groups in total. The summed E-state index contributed by atoms with van der Waals surface area (Å²) in [4.78, 5) is 27.4. The number of aromatic hydroxyl groups is 1. The normalized spacial score (nSPS) is 14.5. The van der Waals surface area contributed by atoms with Crippen molar-refractivity contribution in [3.63, 3.8) is 0 Å². The number of rotatable bonds is 3. The van der Waals surface area contributed by atoms with Crippen LogP contribution in [0.1, 0.15) is 10.4 Å². The Kier molecular flexibility index (Phi) is 6.45. The maximum atomic E-state index is 12.3. The smallest absolute Gasteiger partial charge is 0.254 e. The number of piperazine rings is 1. The Hall–Kier alpha value is -1.79. The maximum Gasteiger partial charge on any atom is 0.254 e. The van der Waals surface area contributed by atoms with Gasteiger partial charge in [0.05, 0.1) is 6.54 Å². The summed E-state index contributed by atoms with van der Waals surface area (Å²) in [5, 5.41) is 12.2. The molecule has 0 radical (unpaired) electrons. The summed E-state index contributed by atoms with van der Waals surface area (Å²) in [5.41, 5.74) is 0.472. The van der Waals surface area contributed by atoms with E-state index in [-0.39, 0.29) is 30.0 Å². The van der Waals surface area contributed by atoms with E-state index in [0.717, 1.165) is 0 Å². The van der Waals surface area contributed by atoms with Crippen molar-refractivity contribution in [2.75, 3.05) is 39.8 Å². The van der Waals surface area contributed by atoms with Crippen LogP contribution in [0.3, 0.4) is 0 Å². The first-order chi connectivity index (χ1) is 9.61. The number of likely N-dealkylation sites (N-methyl/N-ethyl adjacent to an activating group) is 1. The molecule has 0 aliphatic carbocycles. The molecule has 0 atom stereocenters. The average molecular weight is 314 g/mol. The van der Waals surface area contributed by atoms with E-state index in [4.69, 9.17) is 0 Å². The monoisotopic (exact) mass is 313 g/mol. The van der Waals surface area contributed by atoms with Crippen molar-refractivity contribution in [1.29, 1.82) is 0 Å². The largest absolute Gasteiger partial charge is 0.508 e. The van der Waals surface area contributed by atoms with E-state index in [1.54, 1.807) is 29.0 Å². The number of nitrogens with zero attached hydrogens (tertiary/aromatic N) is 2. The molecule has 21 heavy (non-hydrogen) atoms. The molecule has 116 valence electrons. The van der Waals surface area contributed by atoms with Crippen LogP contribution >= 0.6 is 12.4 Å². The van der Waals surface area contributed by atoms with Crippen molar-refractivity contribution in [3.8, 4) is 5.75 Å². The third kappa shape index (κ3) is 4.34. The van der Waals surface area contributed by atoms with Crippen molar-refractivity contribution < 1.29 is 14.7 Å². The lowest BCUT2D eigenvalue weighted by Gasteiger charge is -2.34. The van der Waals surface area contributed by atoms with E-state index in [1.807, 2.05) is 0 Å². The SMILES string of the molecule is CNCC(=O)N1CCN(C(=O)c2cccc(O)c2)CC1.Cl. The number of nitrogens with one attached hydrogen (secondary N) is 1. The molecule has 6 nitrogen and oxygen atoms in total. The van der Waals surface area contributed by atoms with Gasteiger partial charge in [0.1, 0.15) is 5.75 Å². The van der Waals surface area contributed by atoms with Gasteiger partial charge in [-0.2, -0.15) is 0 Å². The van der Waals surface area contributed by atoms with Crippen LogP contribution in [0.5, 0.6) is 5.75 Å². The highest BCUT2D eigenvalue weighted by Crippen LogP contribution is 2.14. The Labute approximate surface area is 130 Å². The van der Waals surface area contributed by atoms with Gasteiger partial charge in [0, 0.05) is 31.7 Å². The lowest BCUT2D eigenvalue weighted by Crippen LogP contribution is -2.52. The number of halogens is 1. The summed E-state index contributed by atoms with van der Waals surface area (Å²) >= 11 is 0. The number of hydrogen-bond acceptors (Lipinski definition) is 4. The standard InChI is InChI=1S/C14H19N3O3.ClH/c1-15-10-13(19)16-5-7-17(8-6-16)14(20)11-3-2-4-12(18)9-11;/h2-4,9,15,18H,5-8,10H2,1H3;1H. The summed E-state index contributed by atoms with van der Waals surface area (Å²) in [6, 6.07) is 6.32. The predicted molar refractivity (Wildman–Crippen MR) is 81.8 cm³/mol. The number of phenolic OH excluding ortho intramolecular Hbond substituents is 1. The molecule has 1 aromatic rings. The molecule has 7 heteroatoms. The third-order valence-electron chi connectivity index (χ3n) is 3.34. The summed E-state index contributed by atoms with van der Waals surface area (Å²) in [5.74, 6) is 0.0252. The van der Waals surface area contributed by atoms with Gasteiger partial charge in [0.2, 0.25) is 5.91 Å². The fourth-order valence-corrected chi connectivity index (χ4v) is 2.24. The first kappa shape index (κ1) is 17.3. The van der Waals surface area contributed by atoms with Gasteiger partial charge in [-0.25, -0.2) is 0 Å². The van der Waals surface area contributed by atoms with Crippen LogP contribution in [0.15, 0.2) is 24.3 Å². The van der Waals surface area contributed by atoms with Gasteiger partial charge in [-0.1, -0.05) is 6.07 Å². The summed E-state index contributed by atoms with van der Waals surface area (Å²) in [6.07, 6.45) is 0. The molecule has 1 heterocycles. The highest BCUT2D eigenvalue weighted by molar-refractivity contribution is 5.94. The molecule has 0 bridgehead atoms. The third-order valence-corrected chi connectivity index (χ3v) is 3.34. The fourth-order valence-electron chi connectivity index (χ4n) is 2.24. The van der Waals surface area contributed by atoms with Crippen LogP contribution < -0.4 is 5.32 Å². The molecule has 2 rings (SSSR count). The zero-order valence-electron chi connectivity index (χ0n) is 11.9. The molecule has 0 unspecified atom stereocenters. The zero-order chi connectivity index (χ0) is 14.5. The molecule has 1 fully saturated rings. The predicted octanol–water partition coefficient (Wildman–Crippen LogP) is 0.318. The van der Waals surface area contributed by atoms with E-state index < -0.39 is 0 Å². The van der Waals surface area contributed by atoms with E-state index in [2.05, 4.69) is 5.32 Å². The number of carbonyl (C=O) groups is 2. The first-order valence-electron chi connectivity index (χ1n) is 6.62. The van der Waals surface area contributed by atoms with Crippen molar-refractivity contribution in [3.05, 3.63) is 29.8 Å². The summed E-state index contributed by atoms with van der Waals surface area (Å²) in [6.45, 7) is 2.45.